The Balaban J connectivity index is 2.24. The zero-order valence-corrected chi connectivity index (χ0v) is 5.28. The molecule has 1 rings (SSSR count). The summed E-state index contributed by atoms with van der Waals surface area (Å²) in [5.41, 5.74) is 0. The van der Waals surface area contributed by atoms with E-state index in [4.69, 9.17) is 0 Å². The maximum atomic E-state index is 3.81. The number of hydrogen-bond acceptors (Lipinski definition) is 2. The van der Waals surface area contributed by atoms with E-state index in [-0.39, 0.29) is 0 Å². The lowest BCUT2D eigenvalue weighted by molar-refractivity contribution is 0.226. The first-order chi connectivity index (χ1) is 3.84. The average Bonchev–Trinajstić information content (AvgIpc) is 1.62. The maximum absolute atomic E-state index is 3.81. The number of nitrogens with one attached hydrogen (secondary N) is 1. The lowest BCUT2D eigenvalue weighted by Gasteiger charge is -2.34. The second kappa shape index (κ2) is 2.07. The number of hydrogen-bond donors (Lipinski definition) is 1. The fourth-order valence-electron chi connectivity index (χ4n) is 0.744. The molecule has 46 valence electrons. The van der Waals surface area contributed by atoms with E-state index in [1.165, 1.54) is 19.5 Å². The summed E-state index contributed by atoms with van der Waals surface area (Å²) < 4.78 is 0. The predicted molar refractivity (Wildman–Crippen MR) is 34.4 cm³/mol. The standard InChI is InChI=1S/C6H12N2/c1-6(7-2)8-4-3-5-8/h7H,1,3-5H2,2H3. The molecule has 0 radical (unpaired) electrons. The molecule has 0 atom stereocenters. The van der Waals surface area contributed by atoms with Crippen LogP contribution in [0.5, 0.6) is 0 Å². The molecule has 0 amide bonds. The molecule has 1 aliphatic heterocycles. The highest BCUT2D eigenvalue weighted by molar-refractivity contribution is 4.93. The summed E-state index contributed by atoms with van der Waals surface area (Å²) in [7, 11) is 1.90. The molecule has 0 aromatic heterocycles. The zero-order valence-electron chi connectivity index (χ0n) is 5.28. The Hall–Kier alpha value is -0.660. The van der Waals surface area contributed by atoms with E-state index in [0.717, 1.165) is 5.82 Å². The van der Waals surface area contributed by atoms with Gasteiger partial charge in [0.2, 0.25) is 0 Å². The van der Waals surface area contributed by atoms with Crippen molar-refractivity contribution in [3.63, 3.8) is 0 Å². The van der Waals surface area contributed by atoms with Gasteiger partial charge in [0.05, 0.1) is 5.82 Å². The minimum absolute atomic E-state index is 1.05. The molecule has 1 heterocycles. The lowest BCUT2D eigenvalue weighted by Crippen LogP contribution is -2.39. The SMILES string of the molecule is C=C(NC)N1CCC1. The third-order valence-electron chi connectivity index (χ3n) is 1.53. The van der Waals surface area contributed by atoms with Crippen LogP contribution in [0, 0.1) is 0 Å². The van der Waals surface area contributed by atoms with Crippen LogP contribution in [0.3, 0.4) is 0 Å². The van der Waals surface area contributed by atoms with Crippen LogP contribution in [0.4, 0.5) is 0 Å². The first-order valence-electron chi connectivity index (χ1n) is 2.96. The number of nitrogens with zero attached hydrogens (tertiary/aromatic N) is 1. The van der Waals surface area contributed by atoms with Crippen LogP contribution in [0.15, 0.2) is 12.4 Å². The summed E-state index contributed by atoms with van der Waals surface area (Å²) in [4.78, 5) is 2.22. The van der Waals surface area contributed by atoms with E-state index in [0.29, 0.717) is 0 Å². The van der Waals surface area contributed by atoms with E-state index in [2.05, 4.69) is 16.8 Å². The third-order valence-corrected chi connectivity index (χ3v) is 1.53. The summed E-state index contributed by atoms with van der Waals surface area (Å²) in [5, 5.41) is 3.00. The molecule has 0 spiro atoms. The normalized spacial score (nSPS) is 17.4. The molecular formula is C6H12N2. The van der Waals surface area contributed by atoms with E-state index in [1.54, 1.807) is 0 Å². The Morgan fingerprint density at radius 1 is 1.62 bits per heavy atom. The van der Waals surface area contributed by atoms with Crippen molar-refractivity contribution >= 4 is 0 Å². The highest BCUT2D eigenvalue weighted by atomic mass is 15.3. The molecule has 0 unspecified atom stereocenters. The molecule has 1 fully saturated rings. The van der Waals surface area contributed by atoms with Gasteiger partial charge in [0, 0.05) is 20.1 Å². The van der Waals surface area contributed by atoms with Gasteiger partial charge >= 0.3 is 0 Å². The van der Waals surface area contributed by atoms with Crippen molar-refractivity contribution in [2.24, 2.45) is 0 Å². The first kappa shape index (κ1) is 5.48. The van der Waals surface area contributed by atoms with Crippen LogP contribution in [0.25, 0.3) is 0 Å². The first-order valence-corrected chi connectivity index (χ1v) is 2.96. The Bertz CT molecular complexity index is 94.7. The average molecular weight is 112 g/mol. The van der Waals surface area contributed by atoms with Gasteiger partial charge in [0.25, 0.3) is 0 Å². The van der Waals surface area contributed by atoms with Gasteiger partial charge < -0.3 is 10.2 Å². The Labute approximate surface area is 50.2 Å². The molecule has 0 aromatic carbocycles. The summed E-state index contributed by atoms with van der Waals surface area (Å²) in [6, 6.07) is 0. The zero-order chi connectivity index (χ0) is 5.98. The van der Waals surface area contributed by atoms with E-state index in [1.807, 2.05) is 7.05 Å². The van der Waals surface area contributed by atoms with Crippen molar-refractivity contribution in [1.82, 2.24) is 10.2 Å². The summed E-state index contributed by atoms with van der Waals surface area (Å²) in [6.07, 6.45) is 1.32. The minimum Gasteiger partial charge on any atom is -0.375 e. The molecule has 0 saturated carbocycles. The van der Waals surface area contributed by atoms with Crippen molar-refractivity contribution in [3.05, 3.63) is 12.4 Å². The largest absolute Gasteiger partial charge is 0.375 e. The van der Waals surface area contributed by atoms with Crippen LogP contribution in [0.1, 0.15) is 6.42 Å². The van der Waals surface area contributed by atoms with Gasteiger partial charge in [-0.15, -0.1) is 0 Å². The molecule has 0 aliphatic carbocycles. The Kier molecular flexibility index (Phi) is 1.42. The Morgan fingerprint density at radius 2 is 2.25 bits per heavy atom. The van der Waals surface area contributed by atoms with Crippen molar-refractivity contribution in [3.8, 4) is 0 Å². The van der Waals surface area contributed by atoms with Crippen LogP contribution < -0.4 is 5.32 Å². The molecule has 1 aliphatic rings. The van der Waals surface area contributed by atoms with Crippen molar-refractivity contribution in [1.29, 1.82) is 0 Å². The summed E-state index contributed by atoms with van der Waals surface area (Å²) in [6.45, 7) is 6.17. The molecule has 2 heteroatoms. The fourth-order valence-corrected chi connectivity index (χ4v) is 0.744. The quantitative estimate of drug-likeness (QED) is 0.555. The van der Waals surface area contributed by atoms with Crippen LogP contribution in [-0.2, 0) is 0 Å². The molecule has 0 aromatic rings. The second-order valence-electron chi connectivity index (χ2n) is 2.04. The van der Waals surface area contributed by atoms with Crippen LogP contribution in [-0.4, -0.2) is 25.0 Å². The van der Waals surface area contributed by atoms with E-state index >= 15 is 0 Å². The van der Waals surface area contributed by atoms with Gasteiger partial charge in [0.15, 0.2) is 0 Å². The second-order valence-corrected chi connectivity index (χ2v) is 2.04. The van der Waals surface area contributed by atoms with Gasteiger partial charge in [-0.05, 0) is 6.42 Å². The van der Waals surface area contributed by atoms with E-state index < -0.39 is 0 Å². The lowest BCUT2D eigenvalue weighted by atomic mass is 10.2. The number of likely N-dealkylation sites (tertiary alicyclic amines) is 1. The fraction of sp³-hybridized carbons (Fsp3) is 0.667. The van der Waals surface area contributed by atoms with Gasteiger partial charge in [-0.25, -0.2) is 0 Å². The highest BCUT2D eigenvalue weighted by Crippen LogP contribution is 2.09. The monoisotopic (exact) mass is 112 g/mol. The maximum Gasteiger partial charge on any atom is 0.0936 e. The third kappa shape index (κ3) is 0.782. The summed E-state index contributed by atoms with van der Waals surface area (Å²) >= 11 is 0. The van der Waals surface area contributed by atoms with Crippen molar-refractivity contribution in [2.45, 2.75) is 6.42 Å². The van der Waals surface area contributed by atoms with Crippen molar-refractivity contribution < 1.29 is 0 Å². The minimum atomic E-state index is 1.05. The molecule has 0 bridgehead atoms. The van der Waals surface area contributed by atoms with Crippen LogP contribution >= 0.6 is 0 Å². The molecule has 2 nitrogen and oxygen atoms in total. The smallest absolute Gasteiger partial charge is 0.0936 e. The highest BCUT2D eigenvalue weighted by Gasteiger charge is 2.13. The molecular weight excluding hydrogens is 100 g/mol. The van der Waals surface area contributed by atoms with Gasteiger partial charge in [-0.3, -0.25) is 0 Å². The van der Waals surface area contributed by atoms with Gasteiger partial charge in [-0.2, -0.15) is 0 Å². The van der Waals surface area contributed by atoms with Gasteiger partial charge in [0.1, 0.15) is 0 Å². The molecule has 1 N–H and O–H groups in total. The number of rotatable bonds is 2. The predicted octanol–water partition coefficient (Wildman–Crippen LogP) is 0.383. The summed E-state index contributed by atoms with van der Waals surface area (Å²) in [5.74, 6) is 1.05. The Morgan fingerprint density at radius 3 is 2.38 bits per heavy atom. The molecule has 1 saturated heterocycles. The van der Waals surface area contributed by atoms with E-state index in [9.17, 15) is 0 Å². The van der Waals surface area contributed by atoms with Crippen LogP contribution in [0.2, 0.25) is 0 Å². The van der Waals surface area contributed by atoms with Gasteiger partial charge in [-0.1, -0.05) is 6.58 Å². The molecule has 8 heavy (non-hydrogen) atoms. The topological polar surface area (TPSA) is 15.3 Å². The van der Waals surface area contributed by atoms with Crippen molar-refractivity contribution in [2.75, 3.05) is 20.1 Å².